The molecular formula is C32H37N3O3. The average Bonchev–Trinajstić information content (AvgIpc) is 3.32. The molecule has 0 aliphatic heterocycles. The summed E-state index contributed by atoms with van der Waals surface area (Å²) in [5, 5.41) is 3.15. The zero-order chi connectivity index (χ0) is 26.7. The monoisotopic (exact) mass is 511 g/mol. The normalized spacial score (nSPS) is 12.1. The van der Waals surface area contributed by atoms with Gasteiger partial charge in [0.25, 0.3) is 0 Å². The van der Waals surface area contributed by atoms with Gasteiger partial charge in [-0.15, -0.1) is 0 Å². The fourth-order valence-electron chi connectivity index (χ4n) is 4.59. The summed E-state index contributed by atoms with van der Waals surface area (Å²) >= 11 is 0. The Hall–Kier alpha value is -4.06. The molecule has 1 N–H and O–H groups in total. The topological polar surface area (TPSA) is 65.4 Å². The number of allylic oxidation sites excluding steroid dienone is 1. The van der Waals surface area contributed by atoms with E-state index >= 15 is 0 Å². The quantitative estimate of drug-likeness (QED) is 0.202. The number of fused-ring (bicyclic) bond motifs is 1. The zero-order valence-corrected chi connectivity index (χ0v) is 22.5. The van der Waals surface area contributed by atoms with Crippen molar-refractivity contribution in [1.29, 1.82) is 0 Å². The molecule has 0 aliphatic rings. The zero-order valence-electron chi connectivity index (χ0n) is 22.5. The lowest BCUT2D eigenvalue weighted by atomic mass is 10.1. The third-order valence-corrected chi connectivity index (χ3v) is 6.51. The van der Waals surface area contributed by atoms with Crippen molar-refractivity contribution < 1.29 is 14.3 Å². The molecule has 1 amide bonds. The minimum Gasteiger partial charge on any atom is -0.493 e. The average molecular weight is 512 g/mol. The Bertz CT molecular complexity index is 1360. The van der Waals surface area contributed by atoms with Gasteiger partial charge in [-0.05, 0) is 68.5 Å². The van der Waals surface area contributed by atoms with Crippen molar-refractivity contribution >= 4 is 23.0 Å². The molecule has 4 aromatic rings. The fourth-order valence-corrected chi connectivity index (χ4v) is 4.59. The van der Waals surface area contributed by atoms with Crippen molar-refractivity contribution in [2.45, 2.75) is 52.1 Å². The van der Waals surface area contributed by atoms with Gasteiger partial charge in [-0.2, -0.15) is 0 Å². The van der Waals surface area contributed by atoms with E-state index in [4.69, 9.17) is 14.5 Å². The van der Waals surface area contributed by atoms with Crippen LogP contribution in [0, 0.1) is 0 Å². The summed E-state index contributed by atoms with van der Waals surface area (Å²) in [6.07, 6.45) is 7.00. The van der Waals surface area contributed by atoms with E-state index in [1.807, 2.05) is 80.6 Å². The van der Waals surface area contributed by atoms with Crippen LogP contribution in [0.3, 0.4) is 0 Å². The van der Waals surface area contributed by atoms with Gasteiger partial charge in [0.2, 0.25) is 5.91 Å². The fraction of sp³-hybridized carbons (Fsp3) is 0.312. The largest absolute Gasteiger partial charge is 0.493 e. The van der Waals surface area contributed by atoms with Crippen LogP contribution in [0.4, 0.5) is 0 Å². The Morgan fingerprint density at radius 3 is 2.61 bits per heavy atom. The Morgan fingerprint density at radius 2 is 1.82 bits per heavy atom. The standard InChI is InChI=1S/C32H37N3O3/c1-4-12-26-17-19-29(30(23-26)37-3)38-22-11-10-21-35-28-16-9-8-15-27(28)34-32(35)24(2)33-31(36)20-18-25-13-6-5-7-14-25/h4-9,12-17,19,23-24H,10-11,18,20-22H2,1-3H3,(H,33,36)/b12-4+. The number of nitrogens with zero attached hydrogens (tertiary/aromatic N) is 2. The number of hydrogen-bond acceptors (Lipinski definition) is 4. The molecule has 1 unspecified atom stereocenters. The van der Waals surface area contributed by atoms with Crippen LogP contribution in [-0.4, -0.2) is 29.2 Å². The first-order valence-corrected chi connectivity index (χ1v) is 13.3. The highest BCUT2D eigenvalue weighted by Crippen LogP contribution is 2.29. The maximum Gasteiger partial charge on any atom is 0.220 e. The number of aryl methyl sites for hydroxylation is 2. The number of carbonyl (C=O) groups is 1. The van der Waals surface area contributed by atoms with E-state index in [1.165, 1.54) is 0 Å². The van der Waals surface area contributed by atoms with E-state index in [-0.39, 0.29) is 11.9 Å². The van der Waals surface area contributed by atoms with Crippen molar-refractivity contribution in [3.8, 4) is 11.5 Å². The van der Waals surface area contributed by atoms with E-state index in [1.54, 1.807) is 7.11 Å². The van der Waals surface area contributed by atoms with Crippen molar-refractivity contribution in [3.63, 3.8) is 0 Å². The van der Waals surface area contributed by atoms with E-state index in [0.717, 1.165) is 65.3 Å². The van der Waals surface area contributed by atoms with Crippen molar-refractivity contribution in [2.24, 2.45) is 0 Å². The minimum absolute atomic E-state index is 0.0303. The molecule has 198 valence electrons. The van der Waals surface area contributed by atoms with Crippen molar-refractivity contribution in [3.05, 3.63) is 95.8 Å². The molecule has 1 atom stereocenters. The highest BCUT2D eigenvalue weighted by atomic mass is 16.5. The van der Waals surface area contributed by atoms with E-state index in [0.29, 0.717) is 13.0 Å². The molecule has 3 aromatic carbocycles. The SMILES string of the molecule is C/C=C/c1ccc(OCCCCn2c(C(C)NC(=O)CCc3ccccc3)nc3ccccc32)c(OC)c1. The van der Waals surface area contributed by atoms with Crippen LogP contribution in [0.2, 0.25) is 0 Å². The van der Waals surface area contributed by atoms with Crippen LogP contribution >= 0.6 is 0 Å². The second kappa shape index (κ2) is 13.5. The van der Waals surface area contributed by atoms with Crippen LogP contribution in [0.15, 0.2) is 78.9 Å². The highest BCUT2D eigenvalue weighted by molar-refractivity contribution is 5.78. The molecule has 6 heteroatoms. The molecule has 1 heterocycles. The van der Waals surface area contributed by atoms with Gasteiger partial charge >= 0.3 is 0 Å². The number of methoxy groups -OCH3 is 1. The first kappa shape index (κ1) is 27.0. The summed E-state index contributed by atoms with van der Waals surface area (Å²) < 4.78 is 13.8. The number of carbonyl (C=O) groups excluding carboxylic acids is 1. The summed E-state index contributed by atoms with van der Waals surface area (Å²) in [4.78, 5) is 17.6. The second-order valence-corrected chi connectivity index (χ2v) is 9.35. The number of rotatable bonds is 13. The molecule has 0 spiro atoms. The lowest BCUT2D eigenvalue weighted by Gasteiger charge is -2.17. The van der Waals surface area contributed by atoms with E-state index < -0.39 is 0 Å². The third kappa shape index (κ3) is 7.03. The summed E-state index contributed by atoms with van der Waals surface area (Å²) in [6, 6.07) is 24.0. The molecule has 0 saturated heterocycles. The molecule has 0 fully saturated rings. The second-order valence-electron chi connectivity index (χ2n) is 9.35. The predicted octanol–water partition coefficient (Wildman–Crippen LogP) is 6.75. The number of hydrogen-bond donors (Lipinski definition) is 1. The number of para-hydroxylation sites is 2. The first-order chi connectivity index (χ1) is 18.6. The molecule has 0 aliphatic carbocycles. The number of nitrogens with one attached hydrogen (secondary N) is 1. The Balaban J connectivity index is 1.35. The molecule has 0 saturated carbocycles. The Morgan fingerprint density at radius 1 is 1.03 bits per heavy atom. The summed E-state index contributed by atoms with van der Waals surface area (Å²) in [7, 11) is 1.66. The number of benzene rings is 3. The van der Waals surface area contributed by atoms with Gasteiger partial charge in [-0.1, -0.05) is 60.7 Å². The van der Waals surface area contributed by atoms with Crippen molar-refractivity contribution in [2.75, 3.05) is 13.7 Å². The van der Waals surface area contributed by atoms with Gasteiger partial charge in [-0.3, -0.25) is 4.79 Å². The van der Waals surface area contributed by atoms with Gasteiger partial charge in [0, 0.05) is 13.0 Å². The lowest BCUT2D eigenvalue weighted by Crippen LogP contribution is -2.29. The number of aromatic nitrogens is 2. The first-order valence-electron chi connectivity index (χ1n) is 13.3. The van der Waals surface area contributed by atoms with E-state index in [9.17, 15) is 4.79 Å². The van der Waals surface area contributed by atoms with Crippen LogP contribution < -0.4 is 14.8 Å². The molecule has 4 rings (SSSR count). The van der Waals surface area contributed by atoms with Crippen LogP contribution in [0.5, 0.6) is 11.5 Å². The van der Waals surface area contributed by atoms with Crippen LogP contribution in [0.25, 0.3) is 17.1 Å². The number of imidazole rings is 1. The highest BCUT2D eigenvalue weighted by Gasteiger charge is 2.18. The Kier molecular flexibility index (Phi) is 9.57. The minimum atomic E-state index is -0.193. The molecule has 0 radical (unpaired) electrons. The van der Waals surface area contributed by atoms with Gasteiger partial charge < -0.3 is 19.4 Å². The van der Waals surface area contributed by atoms with Crippen molar-refractivity contribution in [1.82, 2.24) is 14.9 Å². The third-order valence-electron chi connectivity index (χ3n) is 6.51. The lowest BCUT2D eigenvalue weighted by molar-refractivity contribution is -0.121. The summed E-state index contributed by atoms with van der Waals surface area (Å²) in [6.45, 7) is 5.38. The maximum atomic E-state index is 12.7. The van der Waals surface area contributed by atoms with Gasteiger partial charge in [0.15, 0.2) is 11.5 Å². The smallest absolute Gasteiger partial charge is 0.220 e. The molecule has 1 aromatic heterocycles. The number of unbranched alkanes of at least 4 members (excludes halogenated alkanes) is 1. The molecule has 0 bridgehead atoms. The molecule has 6 nitrogen and oxygen atoms in total. The van der Waals surface area contributed by atoms with Gasteiger partial charge in [0.1, 0.15) is 5.82 Å². The number of amides is 1. The van der Waals surface area contributed by atoms with Gasteiger partial charge in [0.05, 0.1) is 30.8 Å². The maximum absolute atomic E-state index is 12.7. The summed E-state index contributed by atoms with van der Waals surface area (Å²) in [5.74, 6) is 2.39. The molecule has 38 heavy (non-hydrogen) atoms. The predicted molar refractivity (Wildman–Crippen MR) is 153 cm³/mol. The van der Waals surface area contributed by atoms with E-state index in [2.05, 4.69) is 28.1 Å². The number of ether oxygens (including phenoxy) is 2. The van der Waals surface area contributed by atoms with Gasteiger partial charge in [-0.25, -0.2) is 4.98 Å². The van der Waals surface area contributed by atoms with Crippen LogP contribution in [0.1, 0.15) is 56.1 Å². The van der Waals surface area contributed by atoms with Crippen LogP contribution in [-0.2, 0) is 17.8 Å². The summed E-state index contributed by atoms with van der Waals surface area (Å²) in [5.41, 5.74) is 4.26. The molecular weight excluding hydrogens is 474 g/mol. The Labute approximate surface area is 225 Å².